The van der Waals surface area contributed by atoms with E-state index in [9.17, 15) is 0 Å². The Morgan fingerprint density at radius 2 is 0.744 bits per heavy atom. The summed E-state index contributed by atoms with van der Waals surface area (Å²) in [6, 6.07) is 54.7. The molecule has 0 saturated carbocycles. The van der Waals surface area contributed by atoms with E-state index in [1.165, 1.54) is 95.3 Å². The second kappa shape index (κ2) is 16.2. The minimum atomic E-state index is -2.18. The summed E-state index contributed by atoms with van der Waals surface area (Å²) in [5, 5.41) is 3.43. The Morgan fingerprint density at radius 3 is 1.07 bits per heavy atom. The van der Waals surface area contributed by atoms with Gasteiger partial charge in [0, 0.05) is 19.0 Å². The van der Waals surface area contributed by atoms with Gasteiger partial charge in [-0.3, -0.25) is 0 Å². The van der Waals surface area contributed by atoms with E-state index in [0.717, 1.165) is 0 Å². The van der Waals surface area contributed by atoms with Crippen LogP contribution in [0.5, 0.6) is 0 Å². The van der Waals surface area contributed by atoms with E-state index in [1.54, 1.807) is 10.4 Å². The molecular weight excluding hydrogens is 565 g/mol. The standard InChI is InChI=1S/C40H50Si3/c1-3-27-41-29-17-31-43(32-18-30-42-28-4-2)39(35-23-13-7-14-24-35)37(33-19-9-5-10-20-33)38(34-21-11-6-12-22-34)40(43)36-25-15-8-16-26-36/h5-16,19-26H,3-4,17-18,27-32,41-42H2,1-2H3. The number of benzene rings is 4. The monoisotopic (exact) mass is 614 g/mol. The van der Waals surface area contributed by atoms with Gasteiger partial charge in [-0.15, -0.1) is 0 Å². The van der Waals surface area contributed by atoms with Crippen LogP contribution in [-0.4, -0.2) is 27.1 Å². The zero-order chi connectivity index (χ0) is 29.7. The Labute approximate surface area is 267 Å². The largest absolute Gasteiger partial charge is 0.121 e. The van der Waals surface area contributed by atoms with E-state index in [4.69, 9.17) is 0 Å². The van der Waals surface area contributed by atoms with Crippen molar-refractivity contribution in [3.63, 3.8) is 0 Å². The lowest BCUT2D eigenvalue weighted by atomic mass is 9.89. The first kappa shape index (κ1) is 31.4. The van der Waals surface area contributed by atoms with Crippen LogP contribution in [0.3, 0.4) is 0 Å². The normalized spacial score (nSPS) is 15.0. The van der Waals surface area contributed by atoms with Crippen LogP contribution in [-0.2, 0) is 0 Å². The summed E-state index contributed by atoms with van der Waals surface area (Å²) in [7, 11) is -2.13. The van der Waals surface area contributed by atoms with Crippen LogP contribution in [0.1, 0.15) is 61.8 Å². The molecule has 0 aromatic heterocycles. The minimum Gasteiger partial charge on any atom is -0.0657 e. The molecule has 1 aliphatic heterocycles. The van der Waals surface area contributed by atoms with E-state index in [1.807, 2.05) is 0 Å². The third-order valence-corrected chi connectivity index (χ3v) is 19.2. The first-order valence-electron chi connectivity index (χ1n) is 17.0. The zero-order valence-corrected chi connectivity index (χ0v) is 30.4. The molecule has 1 aliphatic rings. The van der Waals surface area contributed by atoms with Crippen molar-refractivity contribution in [1.82, 2.24) is 0 Å². The highest BCUT2D eigenvalue weighted by molar-refractivity contribution is 7.14. The summed E-state index contributed by atoms with van der Waals surface area (Å²) in [5.74, 6) is 0. The fourth-order valence-corrected chi connectivity index (χ4v) is 17.4. The zero-order valence-electron chi connectivity index (χ0n) is 26.5. The Balaban J connectivity index is 1.82. The molecule has 3 heteroatoms. The Morgan fingerprint density at radius 1 is 0.419 bits per heavy atom. The van der Waals surface area contributed by atoms with E-state index in [-0.39, 0.29) is 19.0 Å². The van der Waals surface area contributed by atoms with Crippen LogP contribution < -0.4 is 0 Å². The van der Waals surface area contributed by atoms with Crippen LogP contribution >= 0.6 is 0 Å². The van der Waals surface area contributed by atoms with Gasteiger partial charge in [0.2, 0.25) is 0 Å². The van der Waals surface area contributed by atoms with E-state index in [0.29, 0.717) is 0 Å². The fraction of sp³-hybridized carbons (Fsp3) is 0.300. The molecule has 4 aromatic rings. The average molecular weight is 615 g/mol. The van der Waals surface area contributed by atoms with E-state index >= 15 is 0 Å². The number of allylic oxidation sites excluding steroid dienone is 2. The number of hydrogen-bond donors (Lipinski definition) is 0. The molecule has 43 heavy (non-hydrogen) atoms. The van der Waals surface area contributed by atoms with Crippen LogP contribution in [0.2, 0.25) is 36.3 Å². The molecule has 0 aliphatic carbocycles. The molecule has 0 N–H and O–H groups in total. The molecular formula is C40H50Si3. The van der Waals surface area contributed by atoms with Gasteiger partial charge in [0.05, 0.1) is 0 Å². The topological polar surface area (TPSA) is 0 Å². The molecule has 1 heterocycles. The highest BCUT2D eigenvalue weighted by atomic mass is 28.3. The van der Waals surface area contributed by atoms with Crippen molar-refractivity contribution in [3.8, 4) is 0 Å². The molecule has 222 valence electrons. The maximum Gasteiger partial charge on any atom is 0.121 e. The second-order valence-electron chi connectivity index (χ2n) is 12.4. The van der Waals surface area contributed by atoms with Crippen molar-refractivity contribution < 1.29 is 0 Å². The van der Waals surface area contributed by atoms with Gasteiger partial charge in [-0.1, -0.05) is 185 Å². The highest BCUT2D eigenvalue weighted by Crippen LogP contribution is 2.59. The number of hydrogen-bond acceptors (Lipinski definition) is 0. The average Bonchev–Trinajstić information content (AvgIpc) is 3.37. The molecule has 0 atom stereocenters. The molecule has 0 nitrogen and oxygen atoms in total. The predicted octanol–water partition coefficient (Wildman–Crippen LogP) is 10.4. The lowest BCUT2D eigenvalue weighted by Crippen LogP contribution is -2.37. The number of rotatable bonds is 16. The molecule has 0 radical (unpaired) electrons. The molecule has 0 spiro atoms. The highest BCUT2D eigenvalue weighted by Gasteiger charge is 2.49. The second-order valence-corrected chi connectivity index (χ2v) is 20.8. The van der Waals surface area contributed by atoms with Gasteiger partial charge in [-0.05, 0) is 55.9 Å². The van der Waals surface area contributed by atoms with Crippen molar-refractivity contribution in [2.45, 2.75) is 75.8 Å². The van der Waals surface area contributed by atoms with Gasteiger partial charge in [0.15, 0.2) is 0 Å². The summed E-state index contributed by atoms with van der Waals surface area (Å²) in [6.07, 6.45) is 5.50. The molecule has 5 rings (SSSR count). The third-order valence-electron chi connectivity index (χ3n) is 9.37. The van der Waals surface area contributed by atoms with Gasteiger partial charge in [-0.25, -0.2) is 0 Å². The van der Waals surface area contributed by atoms with Crippen LogP contribution in [0, 0.1) is 0 Å². The van der Waals surface area contributed by atoms with Crippen LogP contribution in [0.15, 0.2) is 121 Å². The smallest absolute Gasteiger partial charge is 0.0657 e. The summed E-state index contributed by atoms with van der Waals surface area (Å²) in [6.45, 7) is 4.73. The predicted molar refractivity (Wildman–Crippen MR) is 201 cm³/mol. The molecule has 0 unspecified atom stereocenters. The lowest BCUT2D eigenvalue weighted by molar-refractivity contribution is 0.972. The van der Waals surface area contributed by atoms with Crippen LogP contribution in [0.25, 0.3) is 21.5 Å². The van der Waals surface area contributed by atoms with Crippen molar-refractivity contribution in [2.75, 3.05) is 0 Å². The summed E-state index contributed by atoms with van der Waals surface area (Å²) in [4.78, 5) is 0. The van der Waals surface area contributed by atoms with Crippen molar-refractivity contribution in [1.29, 1.82) is 0 Å². The Kier molecular flexibility index (Phi) is 11.8. The maximum atomic E-state index is 2.42. The van der Waals surface area contributed by atoms with Gasteiger partial charge in [0.25, 0.3) is 0 Å². The van der Waals surface area contributed by atoms with Crippen molar-refractivity contribution >= 4 is 48.7 Å². The SMILES string of the molecule is CCC[SiH2]CCC[Si]1(CCC[SiH2]CCC)C(c2ccccc2)=C(c2ccccc2)C(c2ccccc2)=C1c1ccccc1. The summed E-state index contributed by atoms with van der Waals surface area (Å²) in [5.41, 5.74) is 8.71. The Bertz CT molecular complexity index is 1340. The molecule has 0 fully saturated rings. The third kappa shape index (κ3) is 7.39. The Hall–Kier alpha value is -2.99. The molecule has 0 saturated heterocycles. The minimum absolute atomic E-state index is 0.0269. The first-order valence-corrected chi connectivity index (χ1v) is 23.4. The molecule has 0 bridgehead atoms. The maximum absolute atomic E-state index is 2.42. The molecule has 4 aromatic carbocycles. The quantitative estimate of drug-likeness (QED) is 0.0870. The van der Waals surface area contributed by atoms with Gasteiger partial charge >= 0.3 is 0 Å². The molecule has 0 amide bonds. The van der Waals surface area contributed by atoms with Crippen LogP contribution in [0.4, 0.5) is 0 Å². The van der Waals surface area contributed by atoms with Gasteiger partial charge in [-0.2, -0.15) is 0 Å². The van der Waals surface area contributed by atoms with Gasteiger partial charge in [0.1, 0.15) is 8.07 Å². The van der Waals surface area contributed by atoms with Crippen molar-refractivity contribution in [3.05, 3.63) is 144 Å². The fourth-order valence-electron chi connectivity index (χ4n) is 7.38. The summed E-state index contributed by atoms with van der Waals surface area (Å²) >= 11 is 0. The van der Waals surface area contributed by atoms with Crippen molar-refractivity contribution in [2.24, 2.45) is 0 Å². The lowest BCUT2D eigenvalue weighted by Gasteiger charge is -2.35. The van der Waals surface area contributed by atoms with E-state index < -0.39 is 8.07 Å². The first-order chi connectivity index (χ1) is 21.3. The summed E-state index contributed by atoms with van der Waals surface area (Å²) < 4.78 is 0. The van der Waals surface area contributed by atoms with E-state index in [2.05, 4.69) is 135 Å². The van der Waals surface area contributed by atoms with Gasteiger partial charge < -0.3 is 0 Å².